The highest BCUT2D eigenvalue weighted by atomic mass is 14.5. The van der Waals surface area contributed by atoms with E-state index in [1.54, 1.807) is 0 Å². The molecule has 13 heavy (non-hydrogen) atoms. The third-order valence-corrected chi connectivity index (χ3v) is 3.69. The van der Waals surface area contributed by atoms with Gasteiger partial charge in [0.25, 0.3) is 0 Å². The van der Waals surface area contributed by atoms with Gasteiger partial charge >= 0.3 is 0 Å². The summed E-state index contributed by atoms with van der Waals surface area (Å²) >= 11 is 0. The standard InChI is InChI=1S/C13H20/c1-10(2)4-6-13-7-5-12(9-13)8-11(13)3/h5,7,10,12H,3-4,6,8-9H2,1-2H3. The maximum atomic E-state index is 4.24. The summed E-state index contributed by atoms with van der Waals surface area (Å²) in [7, 11) is 0. The van der Waals surface area contributed by atoms with E-state index in [1.165, 1.54) is 31.3 Å². The molecule has 2 atom stereocenters. The molecule has 0 spiro atoms. The molecule has 0 aromatic rings. The van der Waals surface area contributed by atoms with Crippen molar-refractivity contribution in [2.75, 3.05) is 0 Å². The predicted molar refractivity (Wildman–Crippen MR) is 57.5 cm³/mol. The summed E-state index contributed by atoms with van der Waals surface area (Å²) in [5.41, 5.74) is 1.93. The third kappa shape index (κ3) is 1.47. The summed E-state index contributed by atoms with van der Waals surface area (Å²) in [6.45, 7) is 8.86. The van der Waals surface area contributed by atoms with Crippen LogP contribution in [0.5, 0.6) is 0 Å². The van der Waals surface area contributed by atoms with Crippen LogP contribution in [0.2, 0.25) is 0 Å². The van der Waals surface area contributed by atoms with Gasteiger partial charge in [0.2, 0.25) is 0 Å². The molecule has 72 valence electrons. The van der Waals surface area contributed by atoms with E-state index in [1.807, 2.05) is 0 Å². The highest BCUT2D eigenvalue weighted by Crippen LogP contribution is 2.54. The monoisotopic (exact) mass is 176 g/mol. The van der Waals surface area contributed by atoms with E-state index in [0.29, 0.717) is 5.41 Å². The van der Waals surface area contributed by atoms with Crippen LogP contribution in [0.4, 0.5) is 0 Å². The molecule has 0 heteroatoms. The SMILES string of the molecule is C=C1CC2C=CC1(CCC(C)C)C2. The molecule has 2 aliphatic carbocycles. The normalized spacial score (nSPS) is 36.5. The number of allylic oxidation sites excluding steroid dienone is 3. The lowest BCUT2D eigenvalue weighted by Crippen LogP contribution is -2.14. The van der Waals surface area contributed by atoms with E-state index < -0.39 is 0 Å². The van der Waals surface area contributed by atoms with Crippen LogP contribution in [-0.2, 0) is 0 Å². The van der Waals surface area contributed by atoms with Gasteiger partial charge in [0.15, 0.2) is 0 Å². The Kier molecular flexibility index (Phi) is 2.09. The smallest absolute Gasteiger partial charge is 0.00941 e. The Morgan fingerprint density at radius 1 is 1.62 bits per heavy atom. The topological polar surface area (TPSA) is 0 Å². The number of hydrogen-bond acceptors (Lipinski definition) is 0. The van der Waals surface area contributed by atoms with Crippen molar-refractivity contribution in [3.05, 3.63) is 24.3 Å². The fraction of sp³-hybridized carbons (Fsp3) is 0.692. The first-order valence-corrected chi connectivity index (χ1v) is 5.50. The van der Waals surface area contributed by atoms with E-state index in [4.69, 9.17) is 0 Å². The molecule has 2 unspecified atom stereocenters. The van der Waals surface area contributed by atoms with Crippen LogP contribution in [0.15, 0.2) is 24.3 Å². The minimum atomic E-state index is 0.426. The lowest BCUT2D eigenvalue weighted by Gasteiger charge is -2.26. The summed E-state index contributed by atoms with van der Waals surface area (Å²) in [6.07, 6.45) is 10.1. The molecule has 0 aromatic heterocycles. The number of fused-ring (bicyclic) bond motifs is 2. The van der Waals surface area contributed by atoms with Crippen molar-refractivity contribution in [1.82, 2.24) is 0 Å². The van der Waals surface area contributed by atoms with E-state index in [0.717, 1.165) is 11.8 Å². The van der Waals surface area contributed by atoms with Crippen molar-refractivity contribution in [3.8, 4) is 0 Å². The predicted octanol–water partition coefficient (Wildman–Crippen LogP) is 3.95. The summed E-state index contributed by atoms with van der Waals surface area (Å²) in [5, 5.41) is 0. The Morgan fingerprint density at radius 3 is 2.85 bits per heavy atom. The van der Waals surface area contributed by atoms with Crippen molar-refractivity contribution in [3.63, 3.8) is 0 Å². The van der Waals surface area contributed by atoms with Crippen molar-refractivity contribution in [2.24, 2.45) is 17.3 Å². The third-order valence-electron chi connectivity index (χ3n) is 3.69. The molecule has 0 heterocycles. The Labute approximate surface area is 81.7 Å². The highest BCUT2D eigenvalue weighted by Gasteiger charge is 2.42. The average Bonchev–Trinajstić information content (AvgIpc) is 2.58. The van der Waals surface area contributed by atoms with Gasteiger partial charge in [-0.05, 0) is 37.5 Å². The molecule has 0 nitrogen and oxygen atoms in total. The van der Waals surface area contributed by atoms with Gasteiger partial charge in [-0.1, -0.05) is 38.2 Å². The molecule has 0 saturated heterocycles. The lowest BCUT2D eigenvalue weighted by molar-refractivity contribution is 0.387. The highest BCUT2D eigenvalue weighted by molar-refractivity contribution is 5.32. The first kappa shape index (κ1) is 9.05. The Balaban J connectivity index is 2.04. The fourth-order valence-electron chi connectivity index (χ4n) is 2.75. The van der Waals surface area contributed by atoms with Crippen LogP contribution < -0.4 is 0 Å². The van der Waals surface area contributed by atoms with Gasteiger partial charge in [-0.2, -0.15) is 0 Å². The van der Waals surface area contributed by atoms with Crippen LogP contribution in [0.1, 0.15) is 39.5 Å². The molecule has 2 aliphatic rings. The minimum absolute atomic E-state index is 0.426. The molecule has 1 fully saturated rings. The summed E-state index contributed by atoms with van der Waals surface area (Å²) in [6, 6.07) is 0. The van der Waals surface area contributed by atoms with E-state index >= 15 is 0 Å². The van der Waals surface area contributed by atoms with Crippen molar-refractivity contribution in [1.29, 1.82) is 0 Å². The summed E-state index contributed by atoms with van der Waals surface area (Å²) in [4.78, 5) is 0. The van der Waals surface area contributed by atoms with Gasteiger partial charge in [-0.25, -0.2) is 0 Å². The summed E-state index contributed by atoms with van der Waals surface area (Å²) < 4.78 is 0. The van der Waals surface area contributed by atoms with Crippen molar-refractivity contribution < 1.29 is 0 Å². The van der Waals surface area contributed by atoms with Gasteiger partial charge < -0.3 is 0 Å². The Hall–Kier alpha value is -0.520. The fourth-order valence-corrected chi connectivity index (χ4v) is 2.75. The molecule has 0 radical (unpaired) electrons. The second kappa shape index (κ2) is 3.01. The number of rotatable bonds is 3. The number of hydrogen-bond donors (Lipinski definition) is 0. The zero-order chi connectivity index (χ0) is 9.47. The second-order valence-electron chi connectivity index (χ2n) is 5.22. The van der Waals surface area contributed by atoms with Crippen molar-refractivity contribution in [2.45, 2.75) is 39.5 Å². The Morgan fingerprint density at radius 2 is 2.38 bits per heavy atom. The van der Waals surface area contributed by atoms with Gasteiger partial charge in [0.05, 0.1) is 0 Å². The zero-order valence-corrected chi connectivity index (χ0v) is 8.84. The van der Waals surface area contributed by atoms with Gasteiger partial charge in [-0.15, -0.1) is 0 Å². The molecule has 0 aliphatic heterocycles. The van der Waals surface area contributed by atoms with E-state index in [-0.39, 0.29) is 0 Å². The van der Waals surface area contributed by atoms with E-state index in [2.05, 4.69) is 32.6 Å². The molecule has 0 amide bonds. The largest absolute Gasteiger partial charge is 0.0990 e. The molecular weight excluding hydrogens is 156 g/mol. The first-order valence-electron chi connectivity index (χ1n) is 5.50. The average molecular weight is 176 g/mol. The molecule has 1 saturated carbocycles. The van der Waals surface area contributed by atoms with Crippen LogP contribution in [0.3, 0.4) is 0 Å². The summed E-state index contributed by atoms with van der Waals surface area (Å²) in [5.74, 6) is 1.66. The van der Waals surface area contributed by atoms with Gasteiger partial charge in [0, 0.05) is 5.41 Å². The van der Waals surface area contributed by atoms with Gasteiger partial charge in [0.1, 0.15) is 0 Å². The maximum Gasteiger partial charge on any atom is 0.00941 e. The maximum absolute atomic E-state index is 4.24. The van der Waals surface area contributed by atoms with Gasteiger partial charge in [-0.3, -0.25) is 0 Å². The van der Waals surface area contributed by atoms with Crippen molar-refractivity contribution >= 4 is 0 Å². The molecular formula is C13H20. The molecule has 2 bridgehead atoms. The molecule has 0 aromatic carbocycles. The van der Waals surface area contributed by atoms with Crippen LogP contribution >= 0.6 is 0 Å². The molecule has 2 rings (SSSR count). The minimum Gasteiger partial charge on any atom is -0.0990 e. The van der Waals surface area contributed by atoms with Crippen LogP contribution in [-0.4, -0.2) is 0 Å². The molecule has 0 N–H and O–H groups in total. The quantitative estimate of drug-likeness (QED) is 0.571. The van der Waals surface area contributed by atoms with E-state index in [9.17, 15) is 0 Å². The first-order chi connectivity index (χ1) is 6.12. The van der Waals surface area contributed by atoms with Crippen LogP contribution in [0, 0.1) is 17.3 Å². The second-order valence-corrected chi connectivity index (χ2v) is 5.22. The zero-order valence-electron chi connectivity index (χ0n) is 8.84. The Bertz CT molecular complexity index is 247. The van der Waals surface area contributed by atoms with Crippen LogP contribution in [0.25, 0.3) is 0 Å². The lowest BCUT2D eigenvalue weighted by atomic mass is 9.78.